The predicted octanol–water partition coefficient (Wildman–Crippen LogP) is 1.36. The molecule has 5 heteroatoms. The summed E-state index contributed by atoms with van der Waals surface area (Å²) >= 11 is 4.95. The third kappa shape index (κ3) is 1.70. The van der Waals surface area contributed by atoms with Crippen LogP contribution in [0.25, 0.3) is 0 Å². The third-order valence-electron chi connectivity index (χ3n) is 2.26. The molecule has 0 bridgehead atoms. The molecule has 1 N–H and O–H groups in total. The van der Waals surface area contributed by atoms with Gasteiger partial charge in [-0.3, -0.25) is 9.69 Å². The van der Waals surface area contributed by atoms with Crippen molar-refractivity contribution in [1.29, 1.82) is 0 Å². The summed E-state index contributed by atoms with van der Waals surface area (Å²) in [6.45, 7) is 1.84. The second-order valence-electron chi connectivity index (χ2n) is 3.32. The molecule has 0 spiro atoms. The average molecular weight is 224 g/mol. The molecule has 1 amide bonds. The Balaban J connectivity index is 2.41. The summed E-state index contributed by atoms with van der Waals surface area (Å²) in [6, 6.07) is 4.61. The molecule has 0 unspecified atom stereocenters. The Labute approximate surface area is 91.9 Å². The Kier molecular flexibility index (Phi) is 2.40. The molecule has 0 radical (unpaired) electrons. The summed E-state index contributed by atoms with van der Waals surface area (Å²) < 4.78 is 13.3. The zero-order valence-corrected chi connectivity index (χ0v) is 8.90. The molecule has 0 atom stereocenters. The molecular formula is C10H9FN2OS. The van der Waals surface area contributed by atoms with Crippen molar-refractivity contribution in [2.45, 2.75) is 6.92 Å². The van der Waals surface area contributed by atoms with Crippen molar-refractivity contribution in [2.75, 3.05) is 11.4 Å². The maximum absolute atomic E-state index is 13.3. The van der Waals surface area contributed by atoms with Crippen LogP contribution >= 0.6 is 12.2 Å². The summed E-state index contributed by atoms with van der Waals surface area (Å²) in [5.74, 6) is -0.502. The number of hydrogen-bond donors (Lipinski definition) is 1. The van der Waals surface area contributed by atoms with Crippen molar-refractivity contribution >= 4 is 28.9 Å². The van der Waals surface area contributed by atoms with E-state index in [4.69, 9.17) is 12.2 Å². The molecule has 0 aliphatic carbocycles. The molecule has 78 valence electrons. The highest BCUT2D eigenvalue weighted by molar-refractivity contribution is 7.80. The number of nitrogens with one attached hydrogen (secondary N) is 1. The van der Waals surface area contributed by atoms with E-state index in [1.807, 2.05) is 0 Å². The van der Waals surface area contributed by atoms with E-state index in [1.165, 1.54) is 11.0 Å². The SMILES string of the molecule is Cc1ccc(N2C(=O)CNC2=S)cc1F. The normalized spacial score (nSPS) is 15.7. The number of anilines is 1. The Bertz CT molecular complexity index is 431. The van der Waals surface area contributed by atoms with Gasteiger partial charge in [0, 0.05) is 0 Å². The minimum absolute atomic E-state index is 0.164. The highest BCUT2D eigenvalue weighted by Crippen LogP contribution is 2.20. The summed E-state index contributed by atoms with van der Waals surface area (Å²) in [5, 5.41) is 3.06. The number of carbonyl (C=O) groups excluding carboxylic acids is 1. The lowest BCUT2D eigenvalue weighted by Gasteiger charge is -2.14. The molecule has 1 saturated heterocycles. The van der Waals surface area contributed by atoms with Gasteiger partial charge in [0.15, 0.2) is 5.11 Å². The van der Waals surface area contributed by atoms with Crippen molar-refractivity contribution in [3.63, 3.8) is 0 Å². The Hall–Kier alpha value is -1.49. The van der Waals surface area contributed by atoms with Gasteiger partial charge >= 0.3 is 0 Å². The first kappa shape index (κ1) is 10.0. The number of amides is 1. The van der Waals surface area contributed by atoms with E-state index in [2.05, 4.69) is 5.32 Å². The number of halogens is 1. The van der Waals surface area contributed by atoms with Crippen LogP contribution in [0, 0.1) is 12.7 Å². The number of benzene rings is 1. The highest BCUT2D eigenvalue weighted by Gasteiger charge is 2.26. The number of nitrogens with zero attached hydrogens (tertiary/aromatic N) is 1. The monoisotopic (exact) mass is 224 g/mol. The molecule has 1 fully saturated rings. The van der Waals surface area contributed by atoms with Crippen LogP contribution in [-0.4, -0.2) is 17.6 Å². The van der Waals surface area contributed by atoms with Crippen LogP contribution in [0.1, 0.15) is 5.56 Å². The van der Waals surface area contributed by atoms with E-state index in [-0.39, 0.29) is 18.3 Å². The molecular weight excluding hydrogens is 215 g/mol. The topological polar surface area (TPSA) is 32.3 Å². The summed E-state index contributed by atoms with van der Waals surface area (Å²) in [4.78, 5) is 12.7. The smallest absolute Gasteiger partial charge is 0.252 e. The van der Waals surface area contributed by atoms with Crippen molar-refractivity contribution in [3.8, 4) is 0 Å². The number of rotatable bonds is 1. The van der Waals surface area contributed by atoms with E-state index < -0.39 is 0 Å². The lowest BCUT2D eigenvalue weighted by atomic mass is 10.2. The lowest BCUT2D eigenvalue weighted by molar-refractivity contribution is -0.115. The second kappa shape index (κ2) is 3.58. The van der Waals surface area contributed by atoms with E-state index in [1.54, 1.807) is 19.1 Å². The molecule has 0 saturated carbocycles. The van der Waals surface area contributed by atoms with Gasteiger partial charge in [-0.05, 0) is 36.8 Å². The van der Waals surface area contributed by atoms with Crippen LogP contribution < -0.4 is 10.2 Å². The minimum atomic E-state index is -0.338. The van der Waals surface area contributed by atoms with Crippen LogP contribution in [-0.2, 0) is 4.79 Å². The molecule has 1 heterocycles. The van der Waals surface area contributed by atoms with Gasteiger partial charge in [-0.1, -0.05) is 6.07 Å². The fourth-order valence-corrected chi connectivity index (χ4v) is 1.68. The van der Waals surface area contributed by atoms with Crippen LogP contribution in [0.5, 0.6) is 0 Å². The van der Waals surface area contributed by atoms with Crippen molar-refractivity contribution in [2.24, 2.45) is 0 Å². The van der Waals surface area contributed by atoms with Gasteiger partial charge in [0.25, 0.3) is 5.91 Å². The summed E-state index contributed by atoms with van der Waals surface area (Å²) in [5.41, 5.74) is 1.02. The first-order valence-electron chi connectivity index (χ1n) is 4.46. The number of thiocarbonyl (C=S) groups is 1. The van der Waals surface area contributed by atoms with Gasteiger partial charge < -0.3 is 5.32 Å². The Morgan fingerprint density at radius 3 is 2.80 bits per heavy atom. The minimum Gasteiger partial charge on any atom is -0.353 e. The van der Waals surface area contributed by atoms with Crippen LogP contribution in [0.4, 0.5) is 10.1 Å². The van der Waals surface area contributed by atoms with Gasteiger partial charge in [0.2, 0.25) is 0 Å². The predicted molar refractivity (Wildman–Crippen MR) is 59.2 cm³/mol. The fraction of sp³-hybridized carbons (Fsp3) is 0.200. The highest BCUT2D eigenvalue weighted by atomic mass is 32.1. The fourth-order valence-electron chi connectivity index (χ4n) is 1.40. The standard InChI is InChI=1S/C10H9FN2OS/c1-6-2-3-7(4-8(6)11)13-9(14)5-12-10(13)15/h2-4H,5H2,1H3,(H,12,15). The second-order valence-corrected chi connectivity index (χ2v) is 3.71. The summed E-state index contributed by atoms with van der Waals surface area (Å²) in [6.07, 6.45) is 0. The van der Waals surface area contributed by atoms with Crippen LogP contribution in [0.15, 0.2) is 18.2 Å². The Morgan fingerprint density at radius 2 is 2.27 bits per heavy atom. The molecule has 3 nitrogen and oxygen atoms in total. The average Bonchev–Trinajstić information content (AvgIpc) is 2.52. The quantitative estimate of drug-likeness (QED) is 0.731. The number of carbonyl (C=O) groups is 1. The van der Waals surface area contributed by atoms with Gasteiger partial charge in [-0.2, -0.15) is 0 Å². The van der Waals surface area contributed by atoms with E-state index >= 15 is 0 Å². The maximum atomic E-state index is 13.3. The van der Waals surface area contributed by atoms with Crippen molar-refractivity contribution < 1.29 is 9.18 Å². The maximum Gasteiger partial charge on any atom is 0.252 e. The van der Waals surface area contributed by atoms with Gasteiger partial charge in [0.1, 0.15) is 5.82 Å². The lowest BCUT2D eigenvalue weighted by Crippen LogP contribution is -2.30. The van der Waals surface area contributed by atoms with Crippen LogP contribution in [0.3, 0.4) is 0 Å². The van der Waals surface area contributed by atoms with E-state index in [0.717, 1.165) is 0 Å². The van der Waals surface area contributed by atoms with Crippen LogP contribution in [0.2, 0.25) is 0 Å². The van der Waals surface area contributed by atoms with Gasteiger partial charge in [-0.15, -0.1) is 0 Å². The van der Waals surface area contributed by atoms with Gasteiger partial charge in [-0.25, -0.2) is 4.39 Å². The third-order valence-corrected chi connectivity index (χ3v) is 2.58. The largest absolute Gasteiger partial charge is 0.353 e. The molecule has 1 aliphatic heterocycles. The molecule has 0 aromatic heterocycles. The van der Waals surface area contributed by atoms with E-state index in [0.29, 0.717) is 16.4 Å². The van der Waals surface area contributed by atoms with Crippen molar-refractivity contribution in [1.82, 2.24) is 5.32 Å². The molecule has 1 aromatic rings. The molecule has 1 aromatic carbocycles. The van der Waals surface area contributed by atoms with E-state index in [9.17, 15) is 9.18 Å². The summed E-state index contributed by atoms with van der Waals surface area (Å²) in [7, 11) is 0. The molecule has 2 rings (SSSR count). The number of hydrogen-bond acceptors (Lipinski definition) is 2. The zero-order chi connectivity index (χ0) is 11.0. The van der Waals surface area contributed by atoms with Crippen molar-refractivity contribution in [3.05, 3.63) is 29.6 Å². The zero-order valence-electron chi connectivity index (χ0n) is 8.08. The van der Waals surface area contributed by atoms with Gasteiger partial charge in [0.05, 0.1) is 12.2 Å². The first-order valence-corrected chi connectivity index (χ1v) is 4.87. The Morgan fingerprint density at radius 1 is 1.53 bits per heavy atom. The molecule has 1 aliphatic rings. The molecule has 15 heavy (non-hydrogen) atoms. The number of aryl methyl sites for hydroxylation is 1. The first-order chi connectivity index (χ1) is 7.09.